The summed E-state index contributed by atoms with van der Waals surface area (Å²) >= 11 is 1.46. The largest absolute Gasteiger partial charge is 0.368 e. The number of hydrogen-bond donors (Lipinski definition) is 1. The molecule has 0 unspecified atom stereocenters. The minimum atomic E-state index is -2.99. The highest BCUT2D eigenvalue weighted by Gasteiger charge is 2.42. The lowest BCUT2D eigenvalue weighted by Gasteiger charge is -2.36. The van der Waals surface area contributed by atoms with Crippen molar-refractivity contribution in [2.24, 2.45) is 4.99 Å². The maximum atomic E-state index is 13.2. The van der Waals surface area contributed by atoms with E-state index < -0.39 is 9.84 Å². The number of thioether (sulfide) groups is 1. The first-order valence-corrected chi connectivity index (χ1v) is 13.6. The van der Waals surface area contributed by atoms with Crippen molar-refractivity contribution in [2.45, 2.75) is 18.2 Å². The van der Waals surface area contributed by atoms with Gasteiger partial charge in [0.1, 0.15) is 5.82 Å². The number of amides is 1. The van der Waals surface area contributed by atoms with E-state index in [1.54, 1.807) is 12.1 Å². The Morgan fingerprint density at radius 3 is 2.52 bits per heavy atom. The van der Waals surface area contributed by atoms with Gasteiger partial charge in [0.15, 0.2) is 15.0 Å². The number of carbonyl (C=O) groups is 1. The number of hydrogen-bond acceptors (Lipinski definition) is 7. The highest BCUT2D eigenvalue weighted by atomic mass is 32.2. The first-order chi connectivity index (χ1) is 15.8. The third-order valence-corrected chi connectivity index (χ3v) is 9.44. The third kappa shape index (κ3) is 4.72. The van der Waals surface area contributed by atoms with Gasteiger partial charge in [0.25, 0.3) is 5.91 Å². The summed E-state index contributed by atoms with van der Waals surface area (Å²) in [6.45, 7) is 4.52. The molecule has 7 nitrogen and oxygen atoms in total. The molecule has 0 aliphatic carbocycles. The summed E-state index contributed by atoms with van der Waals surface area (Å²) < 4.78 is 36.7. The van der Waals surface area contributed by atoms with Crippen LogP contribution in [0.25, 0.3) is 0 Å². The fourth-order valence-corrected chi connectivity index (χ4v) is 8.09. The molecule has 3 aliphatic heterocycles. The predicted octanol–water partition coefficient (Wildman–Crippen LogP) is 2.78. The zero-order valence-corrected chi connectivity index (χ0v) is 19.8. The van der Waals surface area contributed by atoms with E-state index in [1.807, 2.05) is 30.0 Å². The van der Waals surface area contributed by atoms with Gasteiger partial charge in [-0.25, -0.2) is 12.8 Å². The summed E-state index contributed by atoms with van der Waals surface area (Å²) in [6.07, 6.45) is 0. The van der Waals surface area contributed by atoms with Gasteiger partial charge in [-0.1, -0.05) is 17.8 Å². The van der Waals surface area contributed by atoms with Gasteiger partial charge in [-0.2, -0.15) is 0 Å². The predicted molar refractivity (Wildman–Crippen MR) is 131 cm³/mol. The first kappa shape index (κ1) is 22.2. The second kappa shape index (κ2) is 8.64. The second-order valence-corrected chi connectivity index (χ2v) is 12.0. The SMILES string of the molecule is Cc1ccc(C(=O)N2CCN(c3ccc(F)cc3)CC2)cc1NC1=N[C@H]2CS(=O)(=O)C[C@H]2S1. The van der Waals surface area contributed by atoms with Gasteiger partial charge in [-0.05, 0) is 48.9 Å². The van der Waals surface area contributed by atoms with Gasteiger partial charge in [0.2, 0.25) is 0 Å². The fraction of sp³-hybridized carbons (Fsp3) is 0.391. The number of carbonyl (C=O) groups excluding carboxylic acids is 1. The quantitative estimate of drug-likeness (QED) is 0.716. The van der Waals surface area contributed by atoms with Crippen molar-refractivity contribution in [3.63, 3.8) is 0 Å². The van der Waals surface area contributed by atoms with Gasteiger partial charge < -0.3 is 15.1 Å². The highest BCUT2D eigenvalue weighted by Crippen LogP contribution is 2.35. The topological polar surface area (TPSA) is 82.1 Å². The molecule has 33 heavy (non-hydrogen) atoms. The highest BCUT2D eigenvalue weighted by molar-refractivity contribution is 8.15. The lowest BCUT2D eigenvalue weighted by Crippen LogP contribution is -2.48. The van der Waals surface area contributed by atoms with Crippen LogP contribution in [0.5, 0.6) is 0 Å². The zero-order valence-electron chi connectivity index (χ0n) is 18.2. The van der Waals surface area contributed by atoms with E-state index in [1.165, 1.54) is 23.9 Å². The number of fused-ring (bicyclic) bond motifs is 1. The van der Waals surface area contributed by atoms with Gasteiger partial charge in [0.05, 0.1) is 17.5 Å². The van der Waals surface area contributed by atoms with E-state index in [0.29, 0.717) is 36.9 Å². The number of benzene rings is 2. The number of sulfone groups is 1. The summed E-state index contributed by atoms with van der Waals surface area (Å²) in [5.41, 5.74) is 3.35. The van der Waals surface area contributed by atoms with Crippen LogP contribution >= 0.6 is 11.8 Å². The summed E-state index contributed by atoms with van der Waals surface area (Å²) in [6, 6.07) is 11.8. The molecule has 0 radical (unpaired) electrons. The van der Waals surface area contributed by atoms with Gasteiger partial charge in [-0.15, -0.1) is 0 Å². The minimum Gasteiger partial charge on any atom is -0.368 e. The number of nitrogens with one attached hydrogen (secondary N) is 1. The molecule has 2 aromatic carbocycles. The average molecular weight is 489 g/mol. The third-order valence-electron chi connectivity index (χ3n) is 6.30. The van der Waals surface area contributed by atoms with E-state index >= 15 is 0 Å². The standard InChI is InChI=1S/C23H25FN4O3S2/c1-15-2-3-16(12-19(15)25-23-26-20-13-33(30,31)14-21(20)32-23)22(29)28-10-8-27(9-11-28)18-6-4-17(24)5-7-18/h2-7,12,20-21H,8-11,13-14H2,1H3,(H,25,26)/t20-,21+/m0/s1. The van der Waals surface area contributed by atoms with Crippen LogP contribution in [0.2, 0.25) is 0 Å². The Bertz CT molecular complexity index is 1210. The van der Waals surface area contributed by atoms with Crippen molar-refractivity contribution in [3.05, 3.63) is 59.4 Å². The van der Waals surface area contributed by atoms with Crippen molar-refractivity contribution < 1.29 is 17.6 Å². The molecular weight excluding hydrogens is 463 g/mol. The number of aliphatic imine (C=N–C) groups is 1. The Hall–Kier alpha value is -2.59. The van der Waals surface area contributed by atoms with Crippen molar-refractivity contribution in [2.75, 3.05) is 47.9 Å². The number of piperazine rings is 1. The molecule has 174 valence electrons. The number of aryl methyl sites for hydroxylation is 1. The minimum absolute atomic E-state index is 0.0271. The Balaban J connectivity index is 1.24. The van der Waals surface area contributed by atoms with Gasteiger partial charge in [-0.3, -0.25) is 9.79 Å². The number of halogens is 1. The maximum absolute atomic E-state index is 13.2. The molecule has 3 aliphatic rings. The molecule has 1 N–H and O–H groups in total. The summed E-state index contributed by atoms with van der Waals surface area (Å²) in [5, 5.41) is 3.99. The molecule has 0 bridgehead atoms. The molecule has 2 fully saturated rings. The van der Waals surface area contributed by atoms with Crippen LogP contribution < -0.4 is 10.2 Å². The number of anilines is 2. The van der Waals surface area contributed by atoms with Gasteiger partial charge >= 0.3 is 0 Å². The van der Waals surface area contributed by atoms with Crippen LogP contribution in [-0.4, -0.2) is 73.4 Å². The van der Waals surface area contributed by atoms with Crippen molar-refractivity contribution >= 4 is 44.0 Å². The number of rotatable bonds is 3. The van der Waals surface area contributed by atoms with E-state index in [0.717, 1.165) is 16.9 Å². The molecule has 3 heterocycles. The molecule has 2 aromatic rings. The molecule has 0 saturated carbocycles. The lowest BCUT2D eigenvalue weighted by molar-refractivity contribution is 0.0747. The number of nitrogens with zero attached hydrogens (tertiary/aromatic N) is 3. The molecule has 2 saturated heterocycles. The lowest BCUT2D eigenvalue weighted by atomic mass is 10.1. The monoisotopic (exact) mass is 488 g/mol. The molecule has 2 atom stereocenters. The van der Waals surface area contributed by atoms with E-state index in [-0.39, 0.29) is 34.5 Å². The van der Waals surface area contributed by atoms with Gasteiger partial charge in [0, 0.05) is 48.4 Å². The van der Waals surface area contributed by atoms with Crippen molar-refractivity contribution in [3.8, 4) is 0 Å². The molecule has 0 spiro atoms. The van der Waals surface area contributed by atoms with Crippen LogP contribution in [0.3, 0.4) is 0 Å². The zero-order chi connectivity index (χ0) is 23.2. The average Bonchev–Trinajstić information content (AvgIpc) is 3.28. The molecule has 5 rings (SSSR count). The smallest absolute Gasteiger partial charge is 0.254 e. The van der Waals surface area contributed by atoms with Crippen LogP contribution in [-0.2, 0) is 9.84 Å². The van der Waals surface area contributed by atoms with Crippen molar-refractivity contribution in [1.82, 2.24) is 4.90 Å². The summed E-state index contributed by atoms with van der Waals surface area (Å²) in [5.74, 6) is -0.0114. The summed E-state index contributed by atoms with van der Waals surface area (Å²) in [4.78, 5) is 21.7. The fourth-order valence-electron chi connectivity index (χ4n) is 4.42. The van der Waals surface area contributed by atoms with E-state index in [9.17, 15) is 17.6 Å². The Kier molecular flexibility index (Phi) is 5.82. The second-order valence-electron chi connectivity index (χ2n) is 8.65. The molecule has 1 amide bonds. The van der Waals surface area contributed by atoms with E-state index in [4.69, 9.17) is 0 Å². The molecular formula is C23H25FN4O3S2. The Labute approximate surface area is 197 Å². The van der Waals surface area contributed by atoms with Crippen LogP contribution in [0.15, 0.2) is 47.5 Å². The summed E-state index contributed by atoms with van der Waals surface area (Å²) in [7, 11) is -2.99. The van der Waals surface area contributed by atoms with Crippen LogP contribution in [0, 0.1) is 12.7 Å². The van der Waals surface area contributed by atoms with Crippen molar-refractivity contribution in [1.29, 1.82) is 0 Å². The molecule has 10 heteroatoms. The maximum Gasteiger partial charge on any atom is 0.254 e. The van der Waals surface area contributed by atoms with Crippen LogP contribution in [0.4, 0.5) is 15.8 Å². The number of amidine groups is 1. The first-order valence-electron chi connectivity index (χ1n) is 10.9. The van der Waals surface area contributed by atoms with E-state index in [2.05, 4.69) is 15.2 Å². The molecule has 0 aromatic heterocycles. The normalized spacial score (nSPS) is 23.9. The Morgan fingerprint density at radius 1 is 1.09 bits per heavy atom. The Morgan fingerprint density at radius 2 is 1.82 bits per heavy atom. The van der Waals surface area contributed by atoms with Crippen LogP contribution in [0.1, 0.15) is 15.9 Å².